The number of amides is 1. The van der Waals surface area contributed by atoms with Crippen LogP contribution in [-0.4, -0.2) is 60.5 Å². The first kappa shape index (κ1) is 25.1. The van der Waals surface area contributed by atoms with Crippen LogP contribution in [0.1, 0.15) is 24.4 Å². The number of carbonyl (C=O) groups excluding carboxylic acids is 1. The minimum absolute atomic E-state index is 0.368. The van der Waals surface area contributed by atoms with Crippen LogP contribution in [0.2, 0.25) is 0 Å². The number of hydrogen-bond acceptors (Lipinski definition) is 5. The molecule has 0 atom stereocenters. The number of hydrogen-bond donors (Lipinski definition) is 1. The van der Waals surface area contributed by atoms with Gasteiger partial charge in [0.25, 0.3) is 0 Å². The predicted octanol–water partition coefficient (Wildman–Crippen LogP) is 3.57. The Morgan fingerprint density at radius 3 is 2.41 bits per heavy atom. The van der Waals surface area contributed by atoms with E-state index in [1.165, 1.54) is 18.4 Å². The van der Waals surface area contributed by atoms with Crippen molar-refractivity contribution in [2.45, 2.75) is 26.9 Å². The fourth-order valence-corrected chi connectivity index (χ4v) is 3.35. The summed E-state index contributed by atoms with van der Waals surface area (Å²) in [5, 5.41) is 6.50. The molecule has 29 heavy (non-hydrogen) atoms. The van der Waals surface area contributed by atoms with Crippen LogP contribution in [0.5, 0.6) is 0 Å². The van der Waals surface area contributed by atoms with Crippen LogP contribution >= 0.6 is 11.3 Å². The summed E-state index contributed by atoms with van der Waals surface area (Å²) in [6, 6.07) is 4.72. The number of aryl methyl sites for hydroxylation is 2. The lowest BCUT2D eigenvalue weighted by Crippen LogP contribution is -2.40. The van der Waals surface area contributed by atoms with Gasteiger partial charge in [-0.2, -0.15) is 18.3 Å². The molecule has 0 saturated carbocycles. The van der Waals surface area contributed by atoms with Crippen LogP contribution in [0, 0.1) is 6.92 Å². The van der Waals surface area contributed by atoms with Gasteiger partial charge in [-0.05, 0) is 25.1 Å². The Labute approximate surface area is 173 Å². The summed E-state index contributed by atoms with van der Waals surface area (Å²) >= 11 is 1.43. The van der Waals surface area contributed by atoms with Crippen molar-refractivity contribution in [1.29, 1.82) is 0 Å². The summed E-state index contributed by atoms with van der Waals surface area (Å²) in [4.78, 5) is 14.0. The van der Waals surface area contributed by atoms with E-state index in [0.29, 0.717) is 5.69 Å². The van der Waals surface area contributed by atoms with Crippen molar-refractivity contribution in [3.63, 3.8) is 0 Å². The molecule has 6 nitrogen and oxygen atoms in total. The van der Waals surface area contributed by atoms with E-state index in [4.69, 9.17) is 4.74 Å². The lowest BCUT2D eigenvalue weighted by Gasteiger charge is -2.26. The van der Waals surface area contributed by atoms with Crippen molar-refractivity contribution in [1.82, 2.24) is 20.0 Å². The van der Waals surface area contributed by atoms with E-state index < -0.39 is 11.9 Å². The van der Waals surface area contributed by atoms with Gasteiger partial charge in [0.2, 0.25) is 6.41 Å². The van der Waals surface area contributed by atoms with Gasteiger partial charge in [-0.15, -0.1) is 11.3 Å². The largest absolute Gasteiger partial charge is 0.433 e. The molecule has 0 aliphatic carbocycles. The highest BCUT2D eigenvalue weighted by atomic mass is 32.1. The summed E-state index contributed by atoms with van der Waals surface area (Å²) < 4.78 is 43.6. The molecule has 1 saturated heterocycles. The highest BCUT2D eigenvalue weighted by Gasteiger charge is 2.35. The lowest BCUT2D eigenvalue weighted by atomic mass is 10.3. The molecule has 0 aromatic carbocycles. The maximum absolute atomic E-state index is 12.5. The molecule has 0 unspecified atom stereocenters. The maximum atomic E-state index is 12.5. The third-order valence-corrected chi connectivity index (χ3v) is 4.95. The number of nitrogens with one attached hydrogen (secondary N) is 1. The molecule has 0 radical (unpaired) electrons. The fourth-order valence-electron chi connectivity index (χ4n) is 2.53. The first-order valence-electron chi connectivity index (χ1n) is 9.46. The minimum Gasteiger partial charge on any atom is -0.379 e. The van der Waals surface area contributed by atoms with Crippen LogP contribution in [0.25, 0.3) is 10.6 Å². The Balaban J connectivity index is 0.000000284. The molecule has 0 spiro atoms. The van der Waals surface area contributed by atoms with Crippen molar-refractivity contribution < 1.29 is 22.7 Å². The zero-order valence-corrected chi connectivity index (χ0v) is 18.1. The molecule has 1 aliphatic heterocycles. The quantitative estimate of drug-likeness (QED) is 0.578. The van der Waals surface area contributed by atoms with E-state index in [2.05, 4.69) is 15.3 Å². The zero-order valence-electron chi connectivity index (χ0n) is 17.3. The standard InChI is InChI=1S/C10H9F3N2S.C7H14N2O2.C2H6/c1-6-3-4-8(16-6)7-5-9(10(11,12)13)15(2)14-7;10-7-8-1-2-9-3-5-11-6-4-9;1-2/h3-5H,1-2H3;7H,1-6H2,(H,8,10);1-2H3. The summed E-state index contributed by atoms with van der Waals surface area (Å²) in [6.45, 7) is 11.2. The number of alkyl halides is 3. The molecule has 1 aliphatic rings. The van der Waals surface area contributed by atoms with E-state index in [0.717, 1.165) is 66.3 Å². The molecule has 0 bridgehead atoms. The number of carbonyl (C=O) groups is 1. The van der Waals surface area contributed by atoms with Crippen molar-refractivity contribution in [2.24, 2.45) is 7.05 Å². The number of halogens is 3. The van der Waals surface area contributed by atoms with Crippen molar-refractivity contribution in [3.05, 3.63) is 28.8 Å². The lowest BCUT2D eigenvalue weighted by molar-refractivity contribution is -0.143. The summed E-state index contributed by atoms with van der Waals surface area (Å²) in [6.07, 6.45) is -3.62. The van der Waals surface area contributed by atoms with Crippen molar-refractivity contribution in [3.8, 4) is 10.6 Å². The number of thiophene rings is 1. The van der Waals surface area contributed by atoms with Gasteiger partial charge in [-0.3, -0.25) is 14.4 Å². The molecule has 2 aromatic heterocycles. The monoisotopic (exact) mass is 434 g/mol. The van der Waals surface area contributed by atoms with E-state index in [1.807, 2.05) is 26.8 Å². The van der Waals surface area contributed by atoms with Crippen LogP contribution < -0.4 is 5.32 Å². The second-order valence-electron chi connectivity index (χ2n) is 5.97. The Morgan fingerprint density at radius 2 is 1.93 bits per heavy atom. The summed E-state index contributed by atoms with van der Waals surface area (Å²) in [7, 11) is 1.30. The predicted molar refractivity (Wildman–Crippen MR) is 109 cm³/mol. The Morgan fingerprint density at radius 1 is 1.28 bits per heavy atom. The van der Waals surface area contributed by atoms with E-state index >= 15 is 0 Å². The van der Waals surface area contributed by atoms with Crippen LogP contribution in [0.15, 0.2) is 18.2 Å². The molecular weight excluding hydrogens is 405 g/mol. The highest BCUT2D eigenvalue weighted by molar-refractivity contribution is 7.15. The van der Waals surface area contributed by atoms with Gasteiger partial charge in [-0.25, -0.2) is 0 Å². The molecule has 1 fully saturated rings. The molecule has 3 heterocycles. The van der Waals surface area contributed by atoms with Gasteiger partial charge in [0.15, 0.2) is 0 Å². The Bertz CT molecular complexity index is 725. The average molecular weight is 435 g/mol. The number of nitrogens with zero attached hydrogens (tertiary/aromatic N) is 3. The second kappa shape index (κ2) is 12.6. The van der Waals surface area contributed by atoms with Gasteiger partial charge in [0, 0.05) is 38.1 Å². The number of ether oxygens (including phenoxy) is 1. The van der Waals surface area contributed by atoms with E-state index in [1.54, 1.807) is 6.07 Å². The topological polar surface area (TPSA) is 59.4 Å². The third kappa shape index (κ3) is 8.55. The van der Waals surface area contributed by atoms with Crippen molar-refractivity contribution >= 4 is 17.7 Å². The second-order valence-corrected chi connectivity index (χ2v) is 7.26. The number of aromatic nitrogens is 2. The average Bonchev–Trinajstić information content (AvgIpc) is 3.30. The van der Waals surface area contributed by atoms with Crippen LogP contribution in [0.3, 0.4) is 0 Å². The number of morpholine rings is 1. The van der Waals surface area contributed by atoms with Gasteiger partial charge < -0.3 is 10.1 Å². The summed E-state index contributed by atoms with van der Waals surface area (Å²) in [5.74, 6) is 0. The fraction of sp³-hybridized carbons (Fsp3) is 0.579. The minimum atomic E-state index is -4.35. The Kier molecular flexibility index (Phi) is 10.9. The van der Waals surface area contributed by atoms with Gasteiger partial charge in [0.1, 0.15) is 11.4 Å². The van der Waals surface area contributed by atoms with Crippen molar-refractivity contribution in [2.75, 3.05) is 39.4 Å². The molecule has 1 N–H and O–H groups in total. The number of rotatable bonds is 5. The molecule has 10 heteroatoms. The zero-order chi connectivity index (χ0) is 21.9. The Hall–Kier alpha value is -1.91. The molecule has 1 amide bonds. The third-order valence-electron chi connectivity index (χ3n) is 3.92. The summed E-state index contributed by atoms with van der Waals surface area (Å²) in [5.41, 5.74) is -0.360. The highest BCUT2D eigenvalue weighted by Crippen LogP contribution is 2.33. The van der Waals surface area contributed by atoms with Crippen LogP contribution in [-0.2, 0) is 22.8 Å². The molecule has 2 aromatic rings. The smallest absolute Gasteiger partial charge is 0.379 e. The first-order chi connectivity index (χ1) is 13.8. The molecular formula is C19H29F3N4O2S. The van der Waals surface area contributed by atoms with Gasteiger partial charge >= 0.3 is 6.18 Å². The van der Waals surface area contributed by atoms with Crippen LogP contribution in [0.4, 0.5) is 13.2 Å². The van der Waals surface area contributed by atoms with E-state index in [9.17, 15) is 18.0 Å². The SMILES string of the molecule is CC.Cc1ccc(-c2cc(C(F)(F)F)n(C)n2)s1.O=CNCCN1CCOCC1. The molecule has 164 valence electrons. The molecule has 3 rings (SSSR count). The van der Waals surface area contributed by atoms with E-state index in [-0.39, 0.29) is 0 Å². The maximum Gasteiger partial charge on any atom is 0.433 e. The normalized spacial score (nSPS) is 14.3. The van der Waals surface area contributed by atoms with Gasteiger partial charge in [-0.1, -0.05) is 13.8 Å². The first-order valence-corrected chi connectivity index (χ1v) is 10.3. The van der Waals surface area contributed by atoms with Gasteiger partial charge in [0.05, 0.1) is 18.1 Å².